The van der Waals surface area contributed by atoms with Crippen LogP contribution >= 0.6 is 0 Å². The van der Waals surface area contributed by atoms with Crippen LogP contribution in [0.1, 0.15) is 30.6 Å². The van der Waals surface area contributed by atoms with Crippen LogP contribution in [0.5, 0.6) is 17.2 Å². The molecule has 0 aliphatic heterocycles. The van der Waals surface area contributed by atoms with Gasteiger partial charge in [-0.2, -0.15) is 0 Å². The van der Waals surface area contributed by atoms with Gasteiger partial charge in [-0.15, -0.1) is 0 Å². The molecule has 0 aliphatic carbocycles. The summed E-state index contributed by atoms with van der Waals surface area (Å²) in [5.41, 5.74) is -0.0175. The lowest BCUT2D eigenvalue weighted by atomic mass is 10.1. The number of carbonyl (C=O) groups excluding carboxylic acids is 2. The molecule has 1 rings (SSSR count). The van der Waals surface area contributed by atoms with Gasteiger partial charge in [0.2, 0.25) is 0 Å². The van der Waals surface area contributed by atoms with E-state index in [-0.39, 0.29) is 30.6 Å². The topological polar surface area (TPSA) is 116 Å². The van der Waals surface area contributed by atoms with E-state index >= 15 is 0 Å². The first-order valence-corrected chi connectivity index (χ1v) is 6.56. The van der Waals surface area contributed by atoms with Crippen molar-refractivity contribution in [3.8, 4) is 17.2 Å². The monoisotopic (exact) mass is 297 g/mol. The Labute approximate surface area is 122 Å². The number of hydrogen-bond donors (Lipinski definition) is 4. The lowest BCUT2D eigenvalue weighted by Gasteiger charge is -2.10. The van der Waals surface area contributed by atoms with Crippen LogP contribution in [-0.2, 0) is 9.53 Å². The van der Waals surface area contributed by atoms with Crippen molar-refractivity contribution < 1.29 is 29.6 Å². The normalized spacial score (nSPS) is 11.7. The molecule has 116 valence electrons. The summed E-state index contributed by atoms with van der Waals surface area (Å²) in [6.45, 7) is 3.76. The lowest BCUT2D eigenvalue weighted by molar-refractivity contribution is -0.147. The maximum atomic E-state index is 11.7. The van der Waals surface area contributed by atoms with Crippen LogP contribution in [0, 0.1) is 5.92 Å². The van der Waals surface area contributed by atoms with Crippen LogP contribution in [0.25, 0.3) is 0 Å². The molecule has 1 unspecified atom stereocenters. The molecule has 0 aliphatic rings. The zero-order valence-corrected chi connectivity index (χ0v) is 11.9. The largest absolute Gasteiger partial charge is 0.504 e. The average Bonchev–Trinajstić information content (AvgIpc) is 2.47. The highest BCUT2D eigenvalue weighted by atomic mass is 16.5. The van der Waals surface area contributed by atoms with E-state index in [0.717, 1.165) is 12.1 Å². The zero-order chi connectivity index (χ0) is 16.0. The molecule has 0 fully saturated rings. The number of phenols is 3. The Bertz CT molecular complexity index is 505. The number of rotatable bonds is 6. The number of nitrogens with one attached hydrogen (secondary N) is 1. The maximum Gasteiger partial charge on any atom is 0.308 e. The molecule has 0 heterocycles. The van der Waals surface area contributed by atoms with Gasteiger partial charge in [0.1, 0.15) is 6.61 Å². The van der Waals surface area contributed by atoms with Crippen LogP contribution < -0.4 is 5.32 Å². The molecule has 0 saturated carbocycles. The summed E-state index contributed by atoms with van der Waals surface area (Å²) < 4.78 is 4.96. The van der Waals surface area contributed by atoms with Crippen molar-refractivity contribution in [1.82, 2.24) is 5.32 Å². The first kappa shape index (κ1) is 16.6. The Morgan fingerprint density at radius 1 is 1.24 bits per heavy atom. The van der Waals surface area contributed by atoms with Gasteiger partial charge in [0.25, 0.3) is 5.91 Å². The van der Waals surface area contributed by atoms with Crippen LogP contribution in [0.2, 0.25) is 0 Å². The second kappa shape index (κ2) is 7.37. The number of aromatic hydroxyl groups is 3. The van der Waals surface area contributed by atoms with E-state index < -0.39 is 23.2 Å². The number of hydrogen-bond acceptors (Lipinski definition) is 6. The Morgan fingerprint density at radius 3 is 2.33 bits per heavy atom. The number of phenolic OH excluding ortho intramolecular Hbond substituents is 3. The summed E-state index contributed by atoms with van der Waals surface area (Å²) in [4.78, 5) is 23.1. The molecule has 0 spiro atoms. The first-order chi connectivity index (χ1) is 9.86. The van der Waals surface area contributed by atoms with Gasteiger partial charge in [-0.05, 0) is 18.6 Å². The van der Waals surface area contributed by atoms with Crippen molar-refractivity contribution in [3.05, 3.63) is 17.7 Å². The molecule has 21 heavy (non-hydrogen) atoms. The van der Waals surface area contributed by atoms with Gasteiger partial charge >= 0.3 is 5.97 Å². The second-order valence-corrected chi connectivity index (χ2v) is 4.60. The summed E-state index contributed by atoms with van der Waals surface area (Å²) in [6, 6.07) is 2.05. The fourth-order valence-electron chi connectivity index (χ4n) is 1.46. The minimum atomic E-state index is -0.686. The van der Waals surface area contributed by atoms with Crippen molar-refractivity contribution in [2.75, 3.05) is 13.2 Å². The molecule has 1 aromatic carbocycles. The third-order valence-electron chi connectivity index (χ3n) is 2.98. The average molecular weight is 297 g/mol. The Balaban J connectivity index is 2.46. The predicted molar refractivity (Wildman–Crippen MR) is 74.2 cm³/mol. The van der Waals surface area contributed by atoms with Gasteiger partial charge in [-0.3, -0.25) is 9.59 Å². The molecule has 7 nitrogen and oxygen atoms in total. The van der Waals surface area contributed by atoms with Crippen LogP contribution in [0.3, 0.4) is 0 Å². The molecule has 1 atom stereocenters. The van der Waals surface area contributed by atoms with Gasteiger partial charge in [0.15, 0.2) is 17.2 Å². The standard InChI is InChI=1S/C14H19NO6/c1-3-8(2)14(20)21-5-4-15-13(19)9-6-10(16)12(18)11(17)7-9/h6-8,16-18H,3-5H2,1-2H3,(H,15,19). The first-order valence-electron chi connectivity index (χ1n) is 6.56. The van der Waals surface area contributed by atoms with Crippen LogP contribution in [-0.4, -0.2) is 40.3 Å². The lowest BCUT2D eigenvalue weighted by Crippen LogP contribution is -2.28. The van der Waals surface area contributed by atoms with E-state index in [0.29, 0.717) is 6.42 Å². The fourth-order valence-corrected chi connectivity index (χ4v) is 1.46. The molecule has 0 radical (unpaired) electrons. The third-order valence-corrected chi connectivity index (χ3v) is 2.98. The minimum absolute atomic E-state index is 0.0175. The van der Waals surface area contributed by atoms with E-state index in [1.54, 1.807) is 6.92 Å². The number of benzene rings is 1. The Morgan fingerprint density at radius 2 is 1.81 bits per heavy atom. The van der Waals surface area contributed by atoms with Gasteiger partial charge in [0.05, 0.1) is 12.5 Å². The third kappa shape index (κ3) is 4.55. The molecule has 1 amide bonds. The van der Waals surface area contributed by atoms with E-state index in [1.165, 1.54) is 0 Å². The predicted octanol–water partition coefficient (Wildman–Crippen LogP) is 1.12. The van der Waals surface area contributed by atoms with E-state index in [9.17, 15) is 24.9 Å². The molecule has 0 aromatic heterocycles. The van der Waals surface area contributed by atoms with Gasteiger partial charge < -0.3 is 25.4 Å². The highest BCUT2D eigenvalue weighted by molar-refractivity contribution is 5.95. The quantitative estimate of drug-likeness (QED) is 0.355. The highest BCUT2D eigenvalue weighted by Gasteiger charge is 2.14. The molecule has 0 saturated heterocycles. The van der Waals surface area contributed by atoms with Crippen molar-refractivity contribution in [2.45, 2.75) is 20.3 Å². The van der Waals surface area contributed by atoms with E-state index in [2.05, 4.69) is 5.32 Å². The smallest absolute Gasteiger partial charge is 0.308 e. The summed E-state index contributed by atoms with van der Waals surface area (Å²) in [5.74, 6) is -2.96. The summed E-state index contributed by atoms with van der Waals surface area (Å²) in [5, 5.41) is 30.2. The summed E-state index contributed by atoms with van der Waals surface area (Å²) in [7, 11) is 0. The van der Waals surface area contributed by atoms with E-state index in [1.807, 2.05) is 6.92 Å². The fraction of sp³-hybridized carbons (Fsp3) is 0.429. The molecule has 1 aromatic rings. The molecule has 7 heteroatoms. The zero-order valence-electron chi connectivity index (χ0n) is 11.9. The molecule has 0 bridgehead atoms. The maximum absolute atomic E-state index is 11.7. The summed E-state index contributed by atoms with van der Waals surface area (Å²) >= 11 is 0. The molecular weight excluding hydrogens is 278 g/mol. The summed E-state index contributed by atoms with van der Waals surface area (Å²) in [6.07, 6.45) is 0.678. The molecular formula is C14H19NO6. The van der Waals surface area contributed by atoms with Gasteiger partial charge in [-0.25, -0.2) is 0 Å². The van der Waals surface area contributed by atoms with Crippen molar-refractivity contribution in [1.29, 1.82) is 0 Å². The molecule has 4 N–H and O–H groups in total. The van der Waals surface area contributed by atoms with Crippen molar-refractivity contribution in [3.63, 3.8) is 0 Å². The number of amides is 1. The van der Waals surface area contributed by atoms with E-state index in [4.69, 9.17) is 4.74 Å². The number of carbonyl (C=O) groups is 2. The van der Waals surface area contributed by atoms with Gasteiger partial charge in [-0.1, -0.05) is 13.8 Å². The number of ether oxygens (including phenoxy) is 1. The second-order valence-electron chi connectivity index (χ2n) is 4.60. The van der Waals surface area contributed by atoms with Crippen molar-refractivity contribution in [2.24, 2.45) is 5.92 Å². The Kier molecular flexibility index (Phi) is 5.83. The van der Waals surface area contributed by atoms with Gasteiger partial charge in [0, 0.05) is 5.56 Å². The van der Waals surface area contributed by atoms with Crippen molar-refractivity contribution >= 4 is 11.9 Å². The Hall–Kier alpha value is -2.44. The van der Waals surface area contributed by atoms with Crippen LogP contribution in [0.15, 0.2) is 12.1 Å². The highest BCUT2D eigenvalue weighted by Crippen LogP contribution is 2.35. The number of esters is 1. The minimum Gasteiger partial charge on any atom is -0.504 e. The SMILES string of the molecule is CCC(C)C(=O)OCCNC(=O)c1cc(O)c(O)c(O)c1. The van der Waals surface area contributed by atoms with Crippen LogP contribution in [0.4, 0.5) is 0 Å².